The minimum absolute atomic E-state index is 0.609. The Morgan fingerprint density at radius 3 is 2.55 bits per heavy atom. The number of nitrogens with zero attached hydrogens (tertiary/aromatic N) is 5. The second-order valence-corrected chi connectivity index (χ2v) is 7.45. The zero-order valence-electron chi connectivity index (χ0n) is 15.6. The number of hydrogen-bond acceptors (Lipinski definition) is 6. The third-order valence-corrected chi connectivity index (χ3v) is 5.23. The van der Waals surface area contributed by atoms with Crippen molar-refractivity contribution in [2.75, 3.05) is 6.54 Å². The Labute approximate surface area is 173 Å². The Morgan fingerprint density at radius 2 is 1.72 bits per heavy atom. The number of fused-ring (bicyclic) bond motifs is 1. The van der Waals surface area contributed by atoms with Gasteiger partial charge in [0.15, 0.2) is 5.82 Å². The van der Waals surface area contributed by atoms with Gasteiger partial charge in [0, 0.05) is 47.4 Å². The first-order valence-electron chi connectivity index (χ1n) is 9.46. The van der Waals surface area contributed by atoms with E-state index in [9.17, 15) is 0 Å². The van der Waals surface area contributed by atoms with Crippen LogP contribution in [0.15, 0.2) is 65.3 Å². The number of benzene rings is 2. The minimum atomic E-state index is 0.609. The van der Waals surface area contributed by atoms with Crippen molar-refractivity contribution in [2.45, 2.75) is 19.5 Å². The van der Waals surface area contributed by atoms with Crippen LogP contribution in [0.2, 0.25) is 5.02 Å². The number of hydrogen-bond donors (Lipinski definition) is 0. The second kappa shape index (κ2) is 7.73. The normalized spacial score (nSPS) is 14.0. The van der Waals surface area contributed by atoms with Crippen LogP contribution in [0.1, 0.15) is 17.1 Å². The highest BCUT2D eigenvalue weighted by Gasteiger charge is 2.21. The summed E-state index contributed by atoms with van der Waals surface area (Å²) in [5, 5.41) is 4.81. The largest absolute Gasteiger partial charge is 0.338 e. The Balaban J connectivity index is 1.29. The smallest absolute Gasteiger partial charge is 0.241 e. The molecule has 0 atom stereocenters. The fraction of sp³-hybridized carbons (Fsp3) is 0.182. The van der Waals surface area contributed by atoms with E-state index >= 15 is 0 Å². The van der Waals surface area contributed by atoms with Crippen LogP contribution >= 0.6 is 11.6 Å². The van der Waals surface area contributed by atoms with E-state index in [1.54, 1.807) is 0 Å². The highest BCUT2D eigenvalue weighted by atomic mass is 35.5. The van der Waals surface area contributed by atoms with Crippen molar-refractivity contribution in [3.8, 4) is 22.8 Å². The fourth-order valence-electron chi connectivity index (χ4n) is 3.46. The van der Waals surface area contributed by atoms with Gasteiger partial charge in [-0.3, -0.25) is 4.90 Å². The monoisotopic (exact) mass is 403 g/mol. The van der Waals surface area contributed by atoms with Crippen LogP contribution in [0.3, 0.4) is 0 Å². The number of halogens is 1. The fourth-order valence-corrected chi connectivity index (χ4v) is 3.59. The molecule has 7 heteroatoms. The first-order chi connectivity index (χ1) is 14.2. The number of aromatic nitrogens is 4. The molecule has 0 amide bonds. The first kappa shape index (κ1) is 18.0. The summed E-state index contributed by atoms with van der Waals surface area (Å²) in [6, 6.07) is 17.4. The molecule has 144 valence electrons. The van der Waals surface area contributed by atoms with E-state index in [1.165, 1.54) is 0 Å². The van der Waals surface area contributed by atoms with Gasteiger partial charge >= 0.3 is 0 Å². The summed E-state index contributed by atoms with van der Waals surface area (Å²) < 4.78 is 5.45. The molecular formula is C22H18ClN5O. The van der Waals surface area contributed by atoms with E-state index in [4.69, 9.17) is 21.1 Å². The lowest BCUT2D eigenvalue weighted by molar-refractivity contribution is 0.209. The molecule has 0 spiro atoms. The van der Waals surface area contributed by atoms with Crippen LogP contribution < -0.4 is 0 Å². The molecule has 29 heavy (non-hydrogen) atoms. The van der Waals surface area contributed by atoms with E-state index < -0.39 is 0 Å². The SMILES string of the molecule is Clc1ccc(-c2ncc3c(n2)CCN(Cc2nc(-c4ccccc4)no2)C3)cc1. The zero-order valence-corrected chi connectivity index (χ0v) is 16.4. The van der Waals surface area contributed by atoms with Gasteiger partial charge in [-0.1, -0.05) is 47.1 Å². The van der Waals surface area contributed by atoms with Gasteiger partial charge in [0.2, 0.25) is 11.7 Å². The van der Waals surface area contributed by atoms with Gasteiger partial charge in [-0.2, -0.15) is 4.98 Å². The third-order valence-electron chi connectivity index (χ3n) is 4.97. The average Bonchev–Trinajstić information content (AvgIpc) is 3.23. The maximum atomic E-state index is 5.97. The molecule has 0 bridgehead atoms. The Morgan fingerprint density at radius 1 is 0.931 bits per heavy atom. The highest BCUT2D eigenvalue weighted by Crippen LogP contribution is 2.23. The van der Waals surface area contributed by atoms with E-state index in [2.05, 4.69) is 20.0 Å². The lowest BCUT2D eigenvalue weighted by Crippen LogP contribution is -2.31. The van der Waals surface area contributed by atoms with Gasteiger partial charge in [0.25, 0.3) is 0 Å². The van der Waals surface area contributed by atoms with Crippen LogP contribution in [0.5, 0.6) is 0 Å². The molecular weight excluding hydrogens is 386 g/mol. The lowest BCUT2D eigenvalue weighted by Gasteiger charge is -2.26. The zero-order chi connectivity index (χ0) is 19.6. The molecule has 6 nitrogen and oxygen atoms in total. The molecule has 0 N–H and O–H groups in total. The van der Waals surface area contributed by atoms with Crippen LogP contribution in [0.4, 0.5) is 0 Å². The van der Waals surface area contributed by atoms with E-state index in [0.29, 0.717) is 23.3 Å². The van der Waals surface area contributed by atoms with Crippen LogP contribution in [-0.2, 0) is 19.5 Å². The van der Waals surface area contributed by atoms with Crippen LogP contribution in [-0.4, -0.2) is 31.6 Å². The summed E-state index contributed by atoms with van der Waals surface area (Å²) in [4.78, 5) is 16.1. The van der Waals surface area contributed by atoms with Crippen molar-refractivity contribution in [3.63, 3.8) is 0 Å². The third kappa shape index (κ3) is 3.90. The van der Waals surface area contributed by atoms with E-state index in [0.717, 1.165) is 47.7 Å². The molecule has 1 aliphatic heterocycles. The van der Waals surface area contributed by atoms with Crippen molar-refractivity contribution in [1.29, 1.82) is 0 Å². The maximum absolute atomic E-state index is 5.97. The lowest BCUT2D eigenvalue weighted by atomic mass is 10.1. The summed E-state index contributed by atoms with van der Waals surface area (Å²) in [6.07, 6.45) is 2.78. The Kier molecular flexibility index (Phi) is 4.79. The Bertz CT molecular complexity index is 1130. The van der Waals surface area contributed by atoms with Gasteiger partial charge in [-0.15, -0.1) is 0 Å². The van der Waals surface area contributed by atoms with E-state index in [1.807, 2.05) is 60.8 Å². The molecule has 0 aliphatic carbocycles. The molecule has 5 rings (SSSR count). The molecule has 0 saturated heterocycles. The van der Waals surface area contributed by atoms with Crippen molar-refractivity contribution in [3.05, 3.63) is 83.0 Å². The summed E-state index contributed by atoms with van der Waals surface area (Å²) in [6.45, 7) is 2.25. The Hall–Kier alpha value is -3.09. The van der Waals surface area contributed by atoms with Crippen molar-refractivity contribution in [2.24, 2.45) is 0 Å². The van der Waals surface area contributed by atoms with Gasteiger partial charge in [0.1, 0.15) is 0 Å². The molecule has 0 saturated carbocycles. The summed E-state index contributed by atoms with van der Waals surface area (Å²) in [7, 11) is 0. The molecule has 0 radical (unpaired) electrons. The van der Waals surface area contributed by atoms with Crippen LogP contribution in [0, 0.1) is 0 Å². The van der Waals surface area contributed by atoms with E-state index in [-0.39, 0.29) is 0 Å². The van der Waals surface area contributed by atoms with Gasteiger partial charge in [0.05, 0.1) is 12.2 Å². The molecule has 2 aromatic carbocycles. The predicted molar refractivity (Wildman–Crippen MR) is 110 cm³/mol. The summed E-state index contributed by atoms with van der Waals surface area (Å²) >= 11 is 5.97. The summed E-state index contributed by atoms with van der Waals surface area (Å²) in [5.41, 5.74) is 4.15. The summed E-state index contributed by atoms with van der Waals surface area (Å²) in [5.74, 6) is 1.97. The van der Waals surface area contributed by atoms with Crippen molar-refractivity contribution in [1.82, 2.24) is 25.0 Å². The van der Waals surface area contributed by atoms with Gasteiger partial charge in [-0.05, 0) is 24.3 Å². The minimum Gasteiger partial charge on any atom is -0.338 e. The maximum Gasteiger partial charge on any atom is 0.241 e. The van der Waals surface area contributed by atoms with Crippen LogP contribution in [0.25, 0.3) is 22.8 Å². The van der Waals surface area contributed by atoms with Crippen molar-refractivity contribution >= 4 is 11.6 Å². The van der Waals surface area contributed by atoms with Gasteiger partial charge < -0.3 is 4.52 Å². The van der Waals surface area contributed by atoms with Gasteiger partial charge in [-0.25, -0.2) is 9.97 Å². The first-order valence-corrected chi connectivity index (χ1v) is 9.83. The molecule has 1 aliphatic rings. The molecule has 0 fully saturated rings. The average molecular weight is 404 g/mol. The quantitative estimate of drug-likeness (QED) is 0.503. The molecule has 3 heterocycles. The standard InChI is InChI=1S/C22H18ClN5O/c23-18-8-6-16(7-9-18)21-24-12-17-13-28(11-10-19(17)25-21)14-20-26-22(27-29-20)15-4-2-1-3-5-15/h1-9,12H,10-11,13-14H2. The molecule has 2 aromatic heterocycles. The topological polar surface area (TPSA) is 67.9 Å². The number of rotatable bonds is 4. The predicted octanol–water partition coefficient (Wildman–Crippen LogP) is 4.41. The molecule has 4 aromatic rings. The van der Waals surface area contributed by atoms with Crippen molar-refractivity contribution < 1.29 is 4.52 Å². The molecule has 0 unspecified atom stereocenters. The second-order valence-electron chi connectivity index (χ2n) is 7.01. The highest BCUT2D eigenvalue weighted by molar-refractivity contribution is 6.30.